The van der Waals surface area contributed by atoms with Crippen molar-refractivity contribution in [3.63, 3.8) is 0 Å². The highest BCUT2D eigenvalue weighted by Gasteiger charge is 2.22. The molecule has 148 valence electrons. The number of aromatic carboxylic acids is 1. The average molecular weight is 395 g/mol. The molecule has 0 saturated carbocycles. The van der Waals surface area contributed by atoms with Crippen LogP contribution in [-0.2, 0) is 11.3 Å². The van der Waals surface area contributed by atoms with E-state index in [1.165, 1.54) is 30.0 Å². The van der Waals surface area contributed by atoms with E-state index in [9.17, 15) is 14.9 Å². The largest absolute Gasteiger partial charge is 0.486 e. The lowest BCUT2D eigenvalue weighted by Crippen LogP contribution is -2.11. The molecular formula is C20H17N3O6. The molecule has 1 aromatic carbocycles. The van der Waals surface area contributed by atoms with Crippen LogP contribution < -0.4 is 10.5 Å². The Morgan fingerprint density at radius 3 is 2.66 bits per heavy atom. The van der Waals surface area contributed by atoms with Gasteiger partial charge in [-0.25, -0.2) is 9.59 Å². The molecule has 3 N–H and O–H groups in total. The van der Waals surface area contributed by atoms with Crippen molar-refractivity contribution in [2.75, 3.05) is 12.8 Å². The summed E-state index contributed by atoms with van der Waals surface area (Å²) < 4.78 is 17.1. The van der Waals surface area contributed by atoms with E-state index in [1.54, 1.807) is 25.1 Å². The van der Waals surface area contributed by atoms with Crippen molar-refractivity contribution in [3.8, 4) is 17.5 Å². The molecule has 3 aromatic rings. The number of nitrogens with two attached hydrogens (primary N) is 1. The molecule has 2 heterocycles. The SMILES string of the molecule is COC(=O)c1c(N)c(C#N)cn1-c1ccc(OCc2ccc(C(=O)O)o2)cc1C. The maximum atomic E-state index is 12.1. The first-order valence-corrected chi connectivity index (χ1v) is 8.40. The fourth-order valence-electron chi connectivity index (χ4n) is 2.82. The minimum absolute atomic E-state index is 0.0473. The van der Waals surface area contributed by atoms with Crippen molar-refractivity contribution < 1.29 is 28.6 Å². The topological polar surface area (TPSA) is 141 Å². The molecule has 0 saturated heterocycles. The highest BCUT2D eigenvalue weighted by molar-refractivity contribution is 5.96. The number of benzene rings is 1. The number of methoxy groups -OCH3 is 1. The molecule has 29 heavy (non-hydrogen) atoms. The van der Waals surface area contributed by atoms with Crippen molar-refractivity contribution in [3.05, 3.63) is 64.9 Å². The number of ether oxygens (including phenoxy) is 2. The predicted octanol–water partition coefficient (Wildman–Crippen LogP) is 2.90. The standard InChI is InChI=1S/C20H17N3O6/c1-11-7-13(28-10-14-4-6-16(29-14)19(24)25)3-5-15(11)23-9-12(8-21)17(22)18(23)20(26)27-2/h3-7,9H,10,22H2,1-2H3,(H,24,25). The van der Waals surface area contributed by atoms with Crippen LogP contribution in [0, 0.1) is 18.3 Å². The first kappa shape index (κ1) is 19.6. The number of rotatable bonds is 6. The van der Waals surface area contributed by atoms with Gasteiger partial charge in [0.25, 0.3) is 0 Å². The maximum Gasteiger partial charge on any atom is 0.371 e. The second-order valence-electron chi connectivity index (χ2n) is 6.09. The lowest BCUT2D eigenvalue weighted by atomic mass is 10.2. The Labute approximate surface area is 165 Å². The fraction of sp³-hybridized carbons (Fsp3) is 0.150. The van der Waals surface area contributed by atoms with Gasteiger partial charge in [0.15, 0.2) is 5.69 Å². The number of nitriles is 1. The van der Waals surface area contributed by atoms with E-state index in [-0.39, 0.29) is 29.3 Å². The van der Waals surface area contributed by atoms with E-state index in [2.05, 4.69) is 0 Å². The Balaban J connectivity index is 1.87. The molecule has 0 unspecified atom stereocenters. The third kappa shape index (κ3) is 3.77. The number of carboxylic acids is 1. The van der Waals surface area contributed by atoms with Crippen molar-refractivity contribution in [1.29, 1.82) is 5.26 Å². The molecule has 0 spiro atoms. The van der Waals surface area contributed by atoms with Gasteiger partial charge in [0.1, 0.15) is 24.2 Å². The Morgan fingerprint density at radius 2 is 2.07 bits per heavy atom. The van der Waals surface area contributed by atoms with Gasteiger partial charge in [-0.2, -0.15) is 5.26 Å². The van der Waals surface area contributed by atoms with E-state index in [4.69, 9.17) is 24.7 Å². The van der Waals surface area contributed by atoms with Gasteiger partial charge in [-0.15, -0.1) is 0 Å². The summed E-state index contributed by atoms with van der Waals surface area (Å²) in [6.07, 6.45) is 1.47. The summed E-state index contributed by atoms with van der Waals surface area (Å²) in [5.74, 6) is -1.09. The summed E-state index contributed by atoms with van der Waals surface area (Å²) >= 11 is 0. The normalized spacial score (nSPS) is 10.4. The van der Waals surface area contributed by atoms with Crippen LogP contribution in [0.3, 0.4) is 0 Å². The number of furan rings is 1. The minimum Gasteiger partial charge on any atom is -0.486 e. The van der Waals surface area contributed by atoms with Crippen LogP contribution in [0.15, 0.2) is 40.9 Å². The molecule has 9 nitrogen and oxygen atoms in total. The third-order valence-electron chi connectivity index (χ3n) is 4.22. The number of anilines is 1. The molecule has 0 fully saturated rings. The van der Waals surface area contributed by atoms with Gasteiger partial charge >= 0.3 is 11.9 Å². The average Bonchev–Trinajstić information content (AvgIpc) is 3.30. The van der Waals surface area contributed by atoms with Gasteiger partial charge in [-0.1, -0.05) is 0 Å². The summed E-state index contributed by atoms with van der Waals surface area (Å²) in [5, 5.41) is 18.1. The molecule has 0 radical (unpaired) electrons. The Bertz CT molecular complexity index is 1140. The zero-order valence-electron chi connectivity index (χ0n) is 15.6. The van der Waals surface area contributed by atoms with E-state index in [0.29, 0.717) is 17.2 Å². The monoisotopic (exact) mass is 395 g/mol. The smallest absolute Gasteiger partial charge is 0.371 e. The molecular weight excluding hydrogens is 378 g/mol. The number of aromatic nitrogens is 1. The number of esters is 1. The van der Waals surface area contributed by atoms with Gasteiger partial charge in [-0.05, 0) is 42.8 Å². The molecule has 0 aliphatic heterocycles. The summed E-state index contributed by atoms with van der Waals surface area (Å²) in [7, 11) is 1.24. The molecule has 0 atom stereocenters. The second kappa shape index (κ2) is 7.82. The molecule has 2 aromatic heterocycles. The molecule has 0 aliphatic rings. The summed E-state index contributed by atoms with van der Waals surface area (Å²) in [5.41, 5.74) is 7.57. The lowest BCUT2D eigenvalue weighted by Gasteiger charge is -2.13. The van der Waals surface area contributed by atoms with Crippen molar-refractivity contribution in [1.82, 2.24) is 4.57 Å². The van der Waals surface area contributed by atoms with E-state index < -0.39 is 11.9 Å². The van der Waals surface area contributed by atoms with Gasteiger partial charge in [-0.3, -0.25) is 0 Å². The minimum atomic E-state index is -1.15. The Morgan fingerprint density at radius 1 is 1.31 bits per heavy atom. The summed E-state index contributed by atoms with van der Waals surface area (Å²) in [4.78, 5) is 23.0. The molecule has 3 rings (SSSR count). The highest BCUT2D eigenvalue weighted by atomic mass is 16.5. The van der Waals surface area contributed by atoms with Crippen LogP contribution >= 0.6 is 0 Å². The van der Waals surface area contributed by atoms with Crippen LogP contribution in [-0.4, -0.2) is 28.7 Å². The van der Waals surface area contributed by atoms with E-state index >= 15 is 0 Å². The number of aryl methyl sites for hydroxylation is 1. The van der Waals surface area contributed by atoms with Crippen LogP contribution in [0.25, 0.3) is 5.69 Å². The van der Waals surface area contributed by atoms with Crippen LogP contribution in [0.5, 0.6) is 5.75 Å². The van der Waals surface area contributed by atoms with E-state index in [0.717, 1.165) is 5.56 Å². The van der Waals surface area contributed by atoms with Crippen LogP contribution in [0.1, 0.15) is 37.9 Å². The third-order valence-corrected chi connectivity index (χ3v) is 4.22. The number of carbonyl (C=O) groups is 2. The first-order chi connectivity index (χ1) is 13.8. The molecule has 0 bridgehead atoms. The number of carbonyl (C=O) groups excluding carboxylic acids is 1. The van der Waals surface area contributed by atoms with Gasteiger partial charge in [0.2, 0.25) is 5.76 Å². The Hall–Kier alpha value is -4.19. The predicted molar refractivity (Wildman–Crippen MR) is 101 cm³/mol. The number of carboxylic acid groups (broad SMARTS) is 1. The van der Waals surface area contributed by atoms with Crippen LogP contribution in [0.4, 0.5) is 5.69 Å². The van der Waals surface area contributed by atoms with E-state index in [1.807, 2.05) is 6.07 Å². The summed E-state index contributed by atoms with van der Waals surface area (Å²) in [6, 6.07) is 9.95. The van der Waals surface area contributed by atoms with Crippen LogP contribution in [0.2, 0.25) is 0 Å². The van der Waals surface area contributed by atoms with Crippen molar-refractivity contribution in [2.45, 2.75) is 13.5 Å². The molecule has 9 heteroatoms. The first-order valence-electron chi connectivity index (χ1n) is 8.40. The molecule has 0 aliphatic carbocycles. The zero-order chi connectivity index (χ0) is 21.1. The highest BCUT2D eigenvalue weighted by Crippen LogP contribution is 2.28. The second-order valence-corrected chi connectivity index (χ2v) is 6.09. The number of hydrogen-bond acceptors (Lipinski definition) is 7. The number of nitrogens with zero attached hydrogens (tertiary/aromatic N) is 2. The van der Waals surface area contributed by atoms with Gasteiger partial charge in [0, 0.05) is 11.9 Å². The van der Waals surface area contributed by atoms with Crippen molar-refractivity contribution >= 4 is 17.6 Å². The van der Waals surface area contributed by atoms with Crippen molar-refractivity contribution in [2.24, 2.45) is 0 Å². The van der Waals surface area contributed by atoms with Gasteiger partial charge < -0.3 is 29.3 Å². The Kier molecular flexibility index (Phi) is 5.27. The zero-order valence-corrected chi connectivity index (χ0v) is 15.6. The number of hydrogen-bond donors (Lipinski definition) is 2. The quantitative estimate of drug-likeness (QED) is 0.607. The van der Waals surface area contributed by atoms with Gasteiger partial charge in [0.05, 0.1) is 18.4 Å². The maximum absolute atomic E-state index is 12.1. The summed E-state index contributed by atoms with van der Waals surface area (Å²) in [6.45, 7) is 1.86. The molecule has 0 amide bonds. The fourth-order valence-corrected chi connectivity index (χ4v) is 2.82. The number of nitrogen functional groups attached to an aromatic ring is 1. The lowest BCUT2D eigenvalue weighted by molar-refractivity contribution is 0.0591.